The van der Waals surface area contributed by atoms with Gasteiger partial charge in [0.2, 0.25) is 0 Å². The topological polar surface area (TPSA) is 59.9 Å². The van der Waals surface area contributed by atoms with Crippen LogP contribution < -0.4 is 15.5 Å². The van der Waals surface area contributed by atoms with Crippen molar-refractivity contribution < 1.29 is 5.11 Å². The summed E-state index contributed by atoms with van der Waals surface area (Å²) in [5, 5.41) is 16.0. The molecule has 1 rings (SSSR count). The van der Waals surface area contributed by atoms with Gasteiger partial charge in [0.05, 0.1) is 0 Å². The van der Waals surface area contributed by atoms with Gasteiger partial charge in [-0.05, 0) is 43.7 Å². The quantitative estimate of drug-likeness (QED) is 0.261. The SMILES string of the molecule is CCNC(=NCC(CCO)CC(C)C)NCCN(C)c1ccccc1.I. The maximum atomic E-state index is 9.24. The van der Waals surface area contributed by atoms with Gasteiger partial charge in [0, 0.05) is 45.5 Å². The molecule has 3 N–H and O–H groups in total. The normalized spacial score (nSPS) is 12.5. The zero-order valence-corrected chi connectivity index (χ0v) is 19.1. The Morgan fingerprint density at radius 1 is 1.19 bits per heavy atom. The molecule has 0 fully saturated rings. The minimum atomic E-state index is 0. The number of aliphatic imine (C=N–C) groups is 1. The van der Waals surface area contributed by atoms with Gasteiger partial charge in [-0.25, -0.2) is 0 Å². The van der Waals surface area contributed by atoms with Crippen LogP contribution in [0.1, 0.15) is 33.6 Å². The average molecular weight is 476 g/mol. The molecule has 0 aliphatic heterocycles. The summed E-state index contributed by atoms with van der Waals surface area (Å²) in [5.74, 6) is 1.92. The van der Waals surface area contributed by atoms with Gasteiger partial charge in [-0.3, -0.25) is 4.99 Å². The van der Waals surface area contributed by atoms with Gasteiger partial charge < -0.3 is 20.6 Å². The van der Waals surface area contributed by atoms with Crippen molar-refractivity contribution in [2.75, 3.05) is 44.7 Å². The van der Waals surface area contributed by atoms with E-state index in [-0.39, 0.29) is 30.6 Å². The van der Waals surface area contributed by atoms with Crippen molar-refractivity contribution in [3.8, 4) is 0 Å². The van der Waals surface area contributed by atoms with Crippen LogP contribution in [0.3, 0.4) is 0 Å². The maximum Gasteiger partial charge on any atom is 0.191 e. The summed E-state index contributed by atoms with van der Waals surface area (Å²) in [4.78, 5) is 6.95. The van der Waals surface area contributed by atoms with Gasteiger partial charge in [-0.15, -0.1) is 24.0 Å². The van der Waals surface area contributed by atoms with Crippen molar-refractivity contribution in [2.45, 2.75) is 33.6 Å². The first-order valence-corrected chi connectivity index (χ1v) is 9.46. The van der Waals surface area contributed by atoms with E-state index in [4.69, 9.17) is 4.99 Å². The molecule has 0 amide bonds. The number of aliphatic hydroxyl groups excluding tert-OH is 1. The number of nitrogens with one attached hydrogen (secondary N) is 2. The maximum absolute atomic E-state index is 9.24. The number of anilines is 1. The van der Waals surface area contributed by atoms with Crippen molar-refractivity contribution in [2.24, 2.45) is 16.8 Å². The number of aliphatic hydroxyl groups is 1. The van der Waals surface area contributed by atoms with Crippen molar-refractivity contribution in [1.82, 2.24) is 10.6 Å². The Balaban J connectivity index is 0.00000625. The Kier molecular flexibility index (Phi) is 14.5. The Bertz CT molecular complexity index is 482. The van der Waals surface area contributed by atoms with E-state index in [1.54, 1.807) is 0 Å². The molecule has 1 unspecified atom stereocenters. The number of halogens is 1. The molecule has 150 valence electrons. The van der Waals surface area contributed by atoms with E-state index in [9.17, 15) is 5.11 Å². The summed E-state index contributed by atoms with van der Waals surface area (Å²) in [6.45, 7) is 10.1. The van der Waals surface area contributed by atoms with Gasteiger partial charge in [0.25, 0.3) is 0 Å². The summed E-state index contributed by atoms with van der Waals surface area (Å²) >= 11 is 0. The fraction of sp³-hybridized carbons (Fsp3) is 0.650. The van der Waals surface area contributed by atoms with Gasteiger partial charge >= 0.3 is 0 Å². The fourth-order valence-corrected chi connectivity index (χ4v) is 2.85. The Labute approximate surface area is 176 Å². The lowest BCUT2D eigenvalue weighted by Crippen LogP contribution is -2.41. The lowest BCUT2D eigenvalue weighted by atomic mass is 9.94. The van der Waals surface area contributed by atoms with Crippen molar-refractivity contribution in [1.29, 1.82) is 0 Å². The first kappa shape index (κ1) is 25.0. The molecule has 0 aromatic heterocycles. The summed E-state index contributed by atoms with van der Waals surface area (Å²) in [5.41, 5.74) is 1.21. The van der Waals surface area contributed by atoms with Crippen LogP contribution in [-0.4, -0.2) is 50.9 Å². The largest absolute Gasteiger partial charge is 0.396 e. The fourth-order valence-electron chi connectivity index (χ4n) is 2.85. The van der Waals surface area contributed by atoms with Crippen molar-refractivity contribution >= 4 is 35.6 Å². The third kappa shape index (κ3) is 10.9. The lowest BCUT2D eigenvalue weighted by molar-refractivity contribution is 0.245. The summed E-state index contributed by atoms with van der Waals surface area (Å²) in [7, 11) is 2.10. The molecule has 0 aliphatic carbocycles. The number of likely N-dealkylation sites (N-methyl/N-ethyl adjacent to an activating group) is 1. The van der Waals surface area contributed by atoms with Crippen LogP contribution in [-0.2, 0) is 0 Å². The van der Waals surface area contributed by atoms with Crippen LogP contribution in [0.4, 0.5) is 5.69 Å². The van der Waals surface area contributed by atoms with E-state index in [2.05, 4.69) is 67.6 Å². The Morgan fingerprint density at radius 3 is 2.46 bits per heavy atom. The molecule has 1 aromatic carbocycles. The highest BCUT2D eigenvalue weighted by Gasteiger charge is 2.10. The van der Waals surface area contributed by atoms with Crippen LogP contribution in [0, 0.1) is 11.8 Å². The van der Waals surface area contributed by atoms with E-state index in [0.717, 1.165) is 45.0 Å². The summed E-state index contributed by atoms with van der Waals surface area (Å²) in [6, 6.07) is 10.4. The van der Waals surface area contributed by atoms with Gasteiger partial charge in [-0.2, -0.15) is 0 Å². The zero-order chi connectivity index (χ0) is 18.5. The second-order valence-electron chi connectivity index (χ2n) is 6.91. The van der Waals surface area contributed by atoms with Crippen LogP contribution in [0.15, 0.2) is 35.3 Å². The highest BCUT2D eigenvalue weighted by Crippen LogP contribution is 2.15. The molecule has 0 spiro atoms. The highest BCUT2D eigenvalue weighted by molar-refractivity contribution is 14.0. The molecule has 0 aliphatic rings. The van der Waals surface area contributed by atoms with Gasteiger partial charge in [-0.1, -0.05) is 32.0 Å². The molecular weight excluding hydrogens is 439 g/mol. The van der Waals surface area contributed by atoms with Crippen LogP contribution in [0.2, 0.25) is 0 Å². The van der Waals surface area contributed by atoms with E-state index in [1.165, 1.54) is 5.69 Å². The van der Waals surface area contributed by atoms with Crippen LogP contribution >= 0.6 is 24.0 Å². The van der Waals surface area contributed by atoms with Gasteiger partial charge in [0.15, 0.2) is 5.96 Å². The highest BCUT2D eigenvalue weighted by atomic mass is 127. The molecule has 1 aromatic rings. The molecule has 0 bridgehead atoms. The third-order valence-electron chi connectivity index (χ3n) is 4.13. The minimum Gasteiger partial charge on any atom is -0.396 e. The Hall–Kier alpha value is -1.02. The third-order valence-corrected chi connectivity index (χ3v) is 4.13. The average Bonchev–Trinajstić information content (AvgIpc) is 2.59. The number of hydrogen-bond acceptors (Lipinski definition) is 3. The summed E-state index contributed by atoms with van der Waals surface area (Å²) < 4.78 is 0. The first-order chi connectivity index (χ1) is 12.1. The number of rotatable bonds is 11. The predicted molar refractivity (Wildman–Crippen MR) is 124 cm³/mol. The number of hydrogen-bond donors (Lipinski definition) is 3. The molecule has 1 atom stereocenters. The predicted octanol–water partition coefficient (Wildman–Crippen LogP) is 3.34. The molecule has 0 radical (unpaired) electrons. The minimum absolute atomic E-state index is 0. The van der Waals surface area contributed by atoms with E-state index < -0.39 is 0 Å². The van der Waals surface area contributed by atoms with Gasteiger partial charge in [0.1, 0.15) is 0 Å². The number of guanidine groups is 1. The molecule has 6 heteroatoms. The van der Waals surface area contributed by atoms with E-state index in [0.29, 0.717) is 11.8 Å². The first-order valence-electron chi connectivity index (χ1n) is 9.46. The Morgan fingerprint density at radius 2 is 1.88 bits per heavy atom. The smallest absolute Gasteiger partial charge is 0.191 e. The van der Waals surface area contributed by atoms with Crippen molar-refractivity contribution in [3.05, 3.63) is 30.3 Å². The number of benzene rings is 1. The second-order valence-corrected chi connectivity index (χ2v) is 6.91. The second kappa shape index (κ2) is 15.1. The molecule has 26 heavy (non-hydrogen) atoms. The standard InChI is InChI=1S/C20H36N4O.HI/c1-5-21-20(23-16-18(11-14-25)15-17(2)3)22-12-13-24(4)19-9-7-6-8-10-19;/h6-10,17-18,25H,5,11-16H2,1-4H3,(H2,21,22,23);1H. The lowest BCUT2D eigenvalue weighted by Gasteiger charge is -2.21. The molecule has 0 saturated heterocycles. The molecule has 5 nitrogen and oxygen atoms in total. The molecule has 0 heterocycles. The molecular formula is C20H37IN4O. The van der Waals surface area contributed by atoms with Crippen molar-refractivity contribution in [3.63, 3.8) is 0 Å². The van der Waals surface area contributed by atoms with Crippen LogP contribution in [0.5, 0.6) is 0 Å². The monoisotopic (exact) mass is 476 g/mol. The number of para-hydroxylation sites is 1. The summed E-state index contributed by atoms with van der Waals surface area (Å²) in [6.07, 6.45) is 1.91. The number of nitrogens with zero attached hydrogens (tertiary/aromatic N) is 2. The van der Waals surface area contributed by atoms with Crippen LogP contribution in [0.25, 0.3) is 0 Å². The van der Waals surface area contributed by atoms with E-state index in [1.807, 2.05) is 6.07 Å². The molecule has 0 saturated carbocycles. The van der Waals surface area contributed by atoms with E-state index >= 15 is 0 Å². The zero-order valence-electron chi connectivity index (χ0n) is 16.7.